The normalized spacial score (nSPS) is 20.2. The molecular weight excluding hydrogens is 578 g/mol. The summed E-state index contributed by atoms with van der Waals surface area (Å²) in [6.07, 6.45) is 8.65. The zero-order valence-corrected chi connectivity index (χ0v) is 25.5. The van der Waals surface area contributed by atoms with Crippen LogP contribution in [0.2, 0.25) is 0 Å². The van der Waals surface area contributed by atoms with Gasteiger partial charge in [-0.05, 0) is 54.2 Å². The molecule has 2 aliphatic heterocycles. The highest BCUT2D eigenvalue weighted by Gasteiger charge is 2.52. The molecule has 0 bridgehead atoms. The number of hydrogen-bond donors (Lipinski definition) is 3. The van der Waals surface area contributed by atoms with E-state index in [1.165, 1.54) is 11.3 Å². The van der Waals surface area contributed by atoms with Crippen molar-refractivity contribution in [1.82, 2.24) is 30.1 Å². The first-order valence-electron chi connectivity index (χ1n) is 15.0. The number of hydrogen-bond acceptors (Lipinski definition) is 8. The van der Waals surface area contributed by atoms with E-state index >= 15 is 0 Å². The van der Waals surface area contributed by atoms with Crippen molar-refractivity contribution in [3.8, 4) is 5.75 Å². The molecule has 3 aromatic rings. The lowest BCUT2D eigenvalue weighted by Crippen LogP contribution is -2.66. The first-order chi connectivity index (χ1) is 21.3. The average Bonchev–Trinajstić information content (AvgIpc) is 3.57. The first kappa shape index (κ1) is 29.6. The molecule has 0 spiro atoms. The number of nitrogen functional groups attached to an aromatic ring is 1. The number of thiazole rings is 1. The summed E-state index contributed by atoms with van der Waals surface area (Å²) in [6, 6.07) is 11.5. The number of rotatable bonds is 9. The molecule has 2 fully saturated rings. The van der Waals surface area contributed by atoms with Crippen molar-refractivity contribution in [2.24, 2.45) is 0 Å². The summed E-state index contributed by atoms with van der Waals surface area (Å²) in [5, 5.41) is 16.8. The Labute approximate surface area is 260 Å². The number of anilines is 1. The lowest BCUT2D eigenvalue weighted by Gasteiger charge is -2.46. The van der Waals surface area contributed by atoms with Crippen LogP contribution in [0, 0.1) is 0 Å². The Morgan fingerprint density at radius 3 is 2.75 bits per heavy atom. The van der Waals surface area contributed by atoms with E-state index in [-0.39, 0.29) is 49.7 Å². The Kier molecular flexibility index (Phi) is 8.53. The van der Waals surface area contributed by atoms with E-state index in [0.29, 0.717) is 24.6 Å². The Balaban J connectivity index is 1.31. The lowest BCUT2D eigenvalue weighted by atomic mass is 9.99. The third kappa shape index (κ3) is 6.00. The summed E-state index contributed by atoms with van der Waals surface area (Å²) in [7, 11) is 0. The van der Waals surface area contributed by atoms with Crippen LogP contribution in [0.15, 0.2) is 66.3 Å². The SMILES string of the molecule is CCCN(C(=O)NCC1=CCCC=C1)N1CC(=O)N2C1CN(Cc1cccc3sc(N)nc13)C(=O)[C@@H]2Cc1ccc(O)cc1. The van der Waals surface area contributed by atoms with E-state index in [1.807, 2.05) is 36.2 Å². The van der Waals surface area contributed by atoms with Gasteiger partial charge in [-0.3, -0.25) is 14.6 Å². The van der Waals surface area contributed by atoms with Crippen molar-refractivity contribution in [3.05, 3.63) is 77.4 Å². The fourth-order valence-corrected chi connectivity index (χ4v) is 7.01. The molecule has 2 atom stereocenters. The van der Waals surface area contributed by atoms with Crippen LogP contribution in [0.3, 0.4) is 0 Å². The van der Waals surface area contributed by atoms with Crippen LogP contribution in [0.1, 0.15) is 37.3 Å². The number of urea groups is 1. The van der Waals surface area contributed by atoms with Crippen LogP contribution in [-0.4, -0.2) is 86.1 Å². The van der Waals surface area contributed by atoms with Crippen molar-refractivity contribution in [3.63, 3.8) is 0 Å². The standard InChI is InChI=1S/C32H37N7O4S/c1-2-15-37(32(43)34-17-22-7-4-3-5-8-22)38-20-28(41)39-25(16-21-11-13-24(40)14-12-21)30(42)36(19-27(38)39)18-23-9-6-10-26-29(23)35-31(33)44-26/h4,6-14,25,27,40H,2-3,5,15-20H2,1H3,(H2,33,35)(H,34,43)/t25-,27?/m0/s1. The third-order valence-electron chi connectivity index (χ3n) is 8.31. The van der Waals surface area contributed by atoms with Gasteiger partial charge in [0.2, 0.25) is 11.8 Å². The number of carbonyl (C=O) groups is 3. The summed E-state index contributed by atoms with van der Waals surface area (Å²) >= 11 is 1.40. The minimum atomic E-state index is -0.778. The van der Waals surface area contributed by atoms with Gasteiger partial charge in [0.1, 0.15) is 18.0 Å². The van der Waals surface area contributed by atoms with Crippen molar-refractivity contribution in [2.75, 3.05) is 31.9 Å². The molecule has 6 rings (SSSR count). The van der Waals surface area contributed by atoms with Gasteiger partial charge in [-0.2, -0.15) is 5.01 Å². The fraction of sp³-hybridized carbons (Fsp3) is 0.375. The van der Waals surface area contributed by atoms with Crippen LogP contribution >= 0.6 is 11.3 Å². The van der Waals surface area contributed by atoms with Crippen LogP contribution in [0.5, 0.6) is 5.75 Å². The molecule has 4 amide bonds. The average molecular weight is 616 g/mol. The summed E-state index contributed by atoms with van der Waals surface area (Å²) in [5.41, 5.74) is 9.52. The Bertz CT molecular complexity index is 1620. The second-order valence-electron chi connectivity index (χ2n) is 11.3. The highest BCUT2D eigenvalue weighted by Crippen LogP contribution is 2.32. The molecule has 1 aliphatic carbocycles. The van der Waals surface area contributed by atoms with Crippen molar-refractivity contribution in [1.29, 1.82) is 0 Å². The highest BCUT2D eigenvalue weighted by molar-refractivity contribution is 7.22. The number of allylic oxidation sites excluding steroid dienone is 2. The number of piperazine rings is 1. The van der Waals surface area contributed by atoms with Crippen LogP contribution in [0.25, 0.3) is 10.2 Å². The second-order valence-corrected chi connectivity index (χ2v) is 12.4. The molecule has 12 heteroatoms. The predicted molar refractivity (Wildman–Crippen MR) is 169 cm³/mol. The number of aromatic hydroxyl groups is 1. The maximum Gasteiger partial charge on any atom is 0.332 e. The molecule has 3 aliphatic rings. The third-order valence-corrected chi connectivity index (χ3v) is 9.16. The lowest BCUT2D eigenvalue weighted by molar-refractivity contribution is -0.157. The van der Waals surface area contributed by atoms with Gasteiger partial charge in [0.25, 0.3) is 0 Å². The van der Waals surface area contributed by atoms with E-state index in [2.05, 4.69) is 22.5 Å². The predicted octanol–water partition coefficient (Wildman–Crippen LogP) is 3.62. The van der Waals surface area contributed by atoms with Crippen molar-refractivity contribution in [2.45, 2.75) is 51.4 Å². The molecule has 1 unspecified atom stereocenters. The van der Waals surface area contributed by atoms with E-state index in [9.17, 15) is 19.5 Å². The molecule has 1 aromatic heterocycles. The molecule has 11 nitrogen and oxygen atoms in total. The highest BCUT2D eigenvalue weighted by atomic mass is 32.1. The van der Waals surface area contributed by atoms with Crippen molar-refractivity contribution >= 4 is 44.5 Å². The molecule has 3 heterocycles. The number of para-hydroxylation sites is 1. The van der Waals surface area contributed by atoms with Gasteiger partial charge >= 0.3 is 6.03 Å². The zero-order valence-electron chi connectivity index (χ0n) is 24.7. The van der Waals surface area contributed by atoms with Crippen LogP contribution < -0.4 is 11.1 Å². The number of carbonyl (C=O) groups excluding carboxylic acids is 3. The second kappa shape index (κ2) is 12.7. The number of nitrogens with two attached hydrogens (primary N) is 1. The van der Waals surface area contributed by atoms with Gasteiger partial charge in [0, 0.05) is 26.1 Å². The largest absolute Gasteiger partial charge is 0.508 e. The summed E-state index contributed by atoms with van der Waals surface area (Å²) in [5.74, 6) is -0.247. The number of fused-ring (bicyclic) bond motifs is 2. The monoisotopic (exact) mass is 615 g/mol. The van der Waals surface area contributed by atoms with Crippen LogP contribution in [0.4, 0.5) is 9.93 Å². The first-order valence-corrected chi connectivity index (χ1v) is 15.8. The minimum absolute atomic E-state index is 0.00785. The molecule has 2 aromatic carbocycles. The minimum Gasteiger partial charge on any atom is -0.508 e. The van der Waals surface area contributed by atoms with Gasteiger partial charge < -0.3 is 26.0 Å². The number of phenolic OH excluding ortho intramolecular Hbond substituents is 1. The van der Waals surface area contributed by atoms with Crippen LogP contribution in [-0.2, 0) is 22.6 Å². The number of benzene rings is 2. The molecular formula is C32H37N7O4S. The number of aromatic nitrogens is 1. The molecule has 44 heavy (non-hydrogen) atoms. The topological polar surface area (TPSA) is 135 Å². The number of nitrogens with zero attached hydrogens (tertiary/aromatic N) is 5. The Morgan fingerprint density at radius 2 is 2.00 bits per heavy atom. The molecule has 4 N–H and O–H groups in total. The Morgan fingerprint density at radius 1 is 1.18 bits per heavy atom. The van der Waals surface area contributed by atoms with E-state index in [4.69, 9.17) is 5.73 Å². The number of nitrogens with one attached hydrogen (secondary N) is 1. The summed E-state index contributed by atoms with van der Waals surface area (Å²) in [4.78, 5) is 49.4. The molecule has 2 saturated heterocycles. The fourth-order valence-electron chi connectivity index (χ4n) is 6.23. The Hall–Kier alpha value is -4.42. The molecule has 0 saturated carbocycles. The maximum atomic E-state index is 14.2. The van der Waals surface area contributed by atoms with Gasteiger partial charge in [-0.1, -0.05) is 60.8 Å². The maximum absolute atomic E-state index is 14.2. The van der Waals surface area contributed by atoms with Gasteiger partial charge in [0.05, 0.1) is 23.3 Å². The number of amides is 4. The molecule has 230 valence electrons. The summed E-state index contributed by atoms with van der Waals surface area (Å²) in [6.45, 7) is 3.33. The number of hydrazine groups is 1. The molecule has 0 radical (unpaired) electrons. The quantitative estimate of drug-likeness (QED) is 0.335. The van der Waals surface area contributed by atoms with Crippen molar-refractivity contribution < 1.29 is 19.5 Å². The van der Waals surface area contributed by atoms with Gasteiger partial charge in [-0.25, -0.2) is 9.78 Å². The number of phenols is 1. The van der Waals surface area contributed by atoms with E-state index in [1.54, 1.807) is 39.1 Å². The van der Waals surface area contributed by atoms with E-state index < -0.39 is 12.2 Å². The zero-order chi connectivity index (χ0) is 30.8. The summed E-state index contributed by atoms with van der Waals surface area (Å²) < 4.78 is 0.943. The van der Waals surface area contributed by atoms with E-state index in [0.717, 1.165) is 39.8 Å². The van der Waals surface area contributed by atoms with Gasteiger partial charge in [0.15, 0.2) is 5.13 Å². The smallest absolute Gasteiger partial charge is 0.332 e. The van der Waals surface area contributed by atoms with Gasteiger partial charge in [-0.15, -0.1) is 0 Å².